The van der Waals surface area contributed by atoms with Crippen molar-refractivity contribution in [2.75, 3.05) is 13.2 Å². The van der Waals surface area contributed by atoms with E-state index in [0.29, 0.717) is 31.1 Å². The molecule has 0 bridgehead atoms. The van der Waals surface area contributed by atoms with Crippen LogP contribution >= 0.6 is 22.9 Å². The Bertz CT molecular complexity index is 1140. The van der Waals surface area contributed by atoms with Gasteiger partial charge in [0.05, 0.1) is 18.8 Å². The van der Waals surface area contributed by atoms with E-state index >= 15 is 0 Å². The zero-order chi connectivity index (χ0) is 24.6. The maximum Gasteiger partial charge on any atom is 0.573 e. The molecule has 34 heavy (non-hydrogen) atoms. The zero-order valence-electron chi connectivity index (χ0n) is 18.3. The van der Waals surface area contributed by atoms with Gasteiger partial charge in [-0.05, 0) is 60.9 Å². The predicted molar refractivity (Wildman–Crippen MR) is 125 cm³/mol. The van der Waals surface area contributed by atoms with E-state index < -0.39 is 12.5 Å². The van der Waals surface area contributed by atoms with Gasteiger partial charge in [0.2, 0.25) is 0 Å². The molecule has 3 aromatic rings. The second-order valence-electron chi connectivity index (χ2n) is 7.07. The number of ether oxygens (including phenoxy) is 2. The molecule has 0 aliphatic heterocycles. The predicted octanol–water partition coefficient (Wildman–Crippen LogP) is 6.01. The van der Waals surface area contributed by atoms with Crippen LogP contribution in [0.25, 0.3) is 11.3 Å². The number of thiazole rings is 1. The maximum absolute atomic E-state index is 12.5. The van der Waals surface area contributed by atoms with E-state index in [1.54, 1.807) is 31.2 Å². The third-order valence-electron chi connectivity index (χ3n) is 4.59. The third-order valence-corrected chi connectivity index (χ3v) is 5.75. The Labute approximate surface area is 203 Å². The van der Waals surface area contributed by atoms with Crippen LogP contribution in [0.4, 0.5) is 18.0 Å². The summed E-state index contributed by atoms with van der Waals surface area (Å²) in [5, 5.41) is 5.22. The van der Waals surface area contributed by atoms with Crippen LogP contribution in [-0.4, -0.2) is 30.2 Å². The first-order valence-electron chi connectivity index (χ1n) is 10.4. The Morgan fingerprint density at radius 2 is 1.85 bits per heavy atom. The van der Waals surface area contributed by atoms with Gasteiger partial charge in [-0.2, -0.15) is 0 Å². The van der Waals surface area contributed by atoms with Gasteiger partial charge < -0.3 is 19.4 Å². The van der Waals surface area contributed by atoms with Crippen LogP contribution in [-0.2, 0) is 17.8 Å². The van der Waals surface area contributed by atoms with Crippen LogP contribution in [0, 0.1) is 0 Å². The molecule has 0 fully saturated rings. The van der Waals surface area contributed by atoms with Gasteiger partial charge in [-0.3, -0.25) is 4.99 Å². The van der Waals surface area contributed by atoms with Gasteiger partial charge in [0.1, 0.15) is 5.75 Å². The summed E-state index contributed by atoms with van der Waals surface area (Å²) in [6.07, 6.45) is -4.62. The number of rotatable bonds is 9. The lowest BCUT2D eigenvalue weighted by atomic mass is 10.1. The summed E-state index contributed by atoms with van der Waals surface area (Å²) in [5.74, 6) is -0.288. The van der Waals surface area contributed by atoms with E-state index in [0.717, 1.165) is 21.6 Å². The first-order chi connectivity index (χ1) is 16.2. The minimum absolute atomic E-state index is 0.288. The van der Waals surface area contributed by atoms with Gasteiger partial charge in [-0.25, -0.2) is 4.79 Å². The third kappa shape index (κ3) is 7.81. The lowest BCUT2D eigenvalue weighted by Crippen LogP contribution is -2.27. The summed E-state index contributed by atoms with van der Waals surface area (Å²) in [6.45, 7) is 3.39. The smallest absolute Gasteiger partial charge is 0.450 e. The Kier molecular flexibility index (Phi) is 9.00. The quantitative estimate of drug-likeness (QED) is 0.357. The molecule has 0 unspecified atom stereocenters. The molecule has 0 aliphatic carbocycles. The fourth-order valence-electron chi connectivity index (χ4n) is 3.09. The molecular weight excluding hydrogens is 491 g/mol. The van der Waals surface area contributed by atoms with Crippen molar-refractivity contribution < 1.29 is 27.4 Å². The van der Waals surface area contributed by atoms with Gasteiger partial charge >= 0.3 is 12.5 Å². The monoisotopic (exact) mass is 513 g/mol. The van der Waals surface area contributed by atoms with E-state index in [2.05, 4.69) is 10.1 Å². The van der Waals surface area contributed by atoms with Gasteiger partial charge in [0.15, 0.2) is 4.80 Å². The summed E-state index contributed by atoms with van der Waals surface area (Å²) in [6, 6.07) is 13.1. The van der Waals surface area contributed by atoms with E-state index in [9.17, 15) is 18.0 Å². The molecule has 182 valence electrons. The average Bonchev–Trinajstić information content (AvgIpc) is 3.18. The van der Waals surface area contributed by atoms with Crippen LogP contribution in [0.1, 0.15) is 18.9 Å². The number of aromatic nitrogens is 1. The fraction of sp³-hybridized carbons (Fsp3) is 0.304. The highest BCUT2D eigenvalue weighted by Gasteiger charge is 2.31. The van der Waals surface area contributed by atoms with Gasteiger partial charge in [-0.1, -0.05) is 23.7 Å². The average molecular weight is 514 g/mol. The fourth-order valence-corrected chi connectivity index (χ4v) is 4.15. The Morgan fingerprint density at radius 3 is 2.50 bits per heavy atom. The molecule has 0 atom stereocenters. The largest absolute Gasteiger partial charge is 0.573 e. The van der Waals surface area contributed by atoms with Crippen molar-refractivity contribution in [2.45, 2.75) is 32.8 Å². The standard InChI is InChI=1S/C23H23ClF3N3O3S/c1-2-32-22(31)28-12-3-13-30-20(17-6-10-19(11-7-17)33-23(25,26)27)15-34-21(30)29-14-16-4-8-18(24)9-5-16/h4-11,15H,2-3,12-14H2,1H3,(H,28,31)/b29-21-. The van der Waals surface area contributed by atoms with Crippen LogP contribution in [0.15, 0.2) is 58.9 Å². The Balaban J connectivity index is 1.82. The van der Waals surface area contributed by atoms with Crippen LogP contribution in [0.5, 0.6) is 5.75 Å². The number of hydrogen-bond donors (Lipinski definition) is 1. The SMILES string of the molecule is CCOC(=O)NCCCn1c(-c2ccc(OC(F)(F)F)cc2)cs/c1=N\Cc1ccc(Cl)cc1. The summed E-state index contributed by atoms with van der Waals surface area (Å²) < 4.78 is 48.2. The van der Waals surface area contributed by atoms with Crippen molar-refractivity contribution in [1.82, 2.24) is 9.88 Å². The summed E-state index contributed by atoms with van der Waals surface area (Å²) in [5.41, 5.74) is 2.51. The number of nitrogens with zero attached hydrogens (tertiary/aromatic N) is 2. The number of halogens is 4. The van der Waals surface area contributed by atoms with E-state index in [1.807, 2.05) is 22.1 Å². The van der Waals surface area contributed by atoms with Crippen molar-refractivity contribution in [3.63, 3.8) is 0 Å². The van der Waals surface area contributed by atoms with Crippen molar-refractivity contribution in [2.24, 2.45) is 4.99 Å². The minimum atomic E-state index is -4.75. The summed E-state index contributed by atoms with van der Waals surface area (Å²) in [4.78, 5) is 17.0. The summed E-state index contributed by atoms with van der Waals surface area (Å²) in [7, 11) is 0. The highest BCUT2D eigenvalue weighted by atomic mass is 35.5. The molecule has 0 spiro atoms. The molecule has 3 rings (SSSR count). The second-order valence-corrected chi connectivity index (χ2v) is 8.34. The van der Waals surface area contributed by atoms with E-state index in [4.69, 9.17) is 21.3 Å². The molecule has 1 heterocycles. The zero-order valence-corrected chi connectivity index (χ0v) is 19.8. The lowest BCUT2D eigenvalue weighted by Gasteiger charge is -2.12. The van der Waals surface area contributed by atoms with Crippen molar-refractivity contribution >= 4 is 29.0 Å². The maximum atomic E-state index is 12.5. The number of hydrogen-bond acceptors (Lipinski definition) is 5. The lowest BCUT2D eigenvalue weighted by molar-refractivity contribution is -0.274. The molecular formula is C23H23ClF3N3O3S. The molecule has 0 saturated carbocycles. The minimum Gasteiger partial charge on any atom is -0.450 e. The number of benzene rings is 2. The first kappa shape index (κ1) is 25.6. The molecule has 11 heteroatoms. The van der Waals surface area contributed by atoms with Crippen molar-refractivity contribution in [3.05, 3.63) is 69.3 Å². The van der Waals surface area contributed by atoms with Gasteiger partial charge in [0, 0.05) is 23.5 Å². The van der Waals surface area contributed by atoms with Gasteiger partial charge in [-0.15, -0.1) is 24.5 Å². The highest BCUT2D eigenvalue weighted by Crippen LogP contribution is 2.27. The summed E-state index contributed by atoms with van der Waals surface area (Å²) >= 11 is 7.37. The van der Waals surface area contributed by atoms with Crippen molar-refractivity contribution in [3.8, 4) is 17.0 Å². The highest BCUT2D eigenvalue weighted by molar-refractivity contribution is 7.07. The number of nitrogens with one attached hydrogen (secondary N) is 1. The van der Waals surface area contributed by atoms with Crippen LogP contribution in [0.2, 0.25) is 5.02 Å². The topological polar surface area (TPSA) is 64.8 Å². The first-order valence-corrected chi connectivity index (χ1v) is 11.7. The Morgan fingerprint density at radius 1 is 1.15 bits per heavy atom. The number of carbonyl (C=O) groups is 1. The number of amides is 1. The number of alkyl carbamates (subject to hydrolysis) is 1. The molecule has 6 nitrogen and oxygen atoms in total. The van der Waals surface area contributed by atoms with Crippen LogP contribution < -0.4 is 14.9 Å². The van der Waals surface area contributed by atoms with Gasteiger partial charge in [0.25, 0.3) is 0 Å². The molecule has 1 N–H and O–H groups in total. The number of carbonyl (C=O) groups excluding carboxylic acids is 1. The second kappa shape index (κ2) is 11.9. The molecule has 1 amide bonds. The van der Waals surface area contributed by atoms with Crippen LogP contribution in [0.3, 0.4) is 0 Å². The molecule has 2 aromatic carbocycles. The Hall–Kier alpha value is -2.98. The van der Waals surface area contributed by atoms with E-state index in [1.165, 1.54) is 23.5 Å². The molecule has 0 aliphatic rings. The molecule has 0 radical (unpaired) electrons. The van der Waals surface area contributed by atoms with Crippen molar-refractivity contribution in [1.29, 1.82) is 0 Å². The normalized spacial score (nSPS) is 12.0. The molecule has 1 aromatic heterocycles. The molecule has 0 saturated heterocycles. The van der Waals surface area contributed by atoms with E-state index in [-0.39, 0.29) is 12.4 Å². The number of alkyl halides is 3.